The van der Waals surface area contributed by atoms with Crippen molar-refractivity contribution in [1.29, 1.82) is 0 Å². The molecule has 0 radical (unpaired) electrons. The lowest BCUT2D eigenvalue weighted by Gasteiger charge is -2.13. The molecule has 3 aromatic heterocycles. The molecule has 0 unspecified atom stereocenters. The maximum absolute atomic E-state index is 12.3. The third kappa shape index (κ3) is 3.27. The molecular formula is C23H21N3O3. The smallest absolute Gasteiger partial charge is 0.212 e. The van der Waals surface area contributed by atoms with Gasteiger partial charge in [0.15, 0.2) is 5.78 Å². The van der Waals surface area contributed by atoms with Crippen molar-refractivity contribution in [2.24, 2.45) is 0 Å². The number of fused-ring (bicyclic) bond motifs is 1. The highest BCUT2D eigenvalue weighted by Crippen LogP contribution is 2.37. The number of aromatic nitrogens is 3. The number of methoxy groups -OCH3 is 1. The van der Waals surface area contributed by atoms with E-state index in [9.17, 15) is 4.79 Å². The van der Waals surface area contributed by atoms with Gasteiger partial charge in [-0.1, -0.05) is 5.16 Å². The van der Waals surface area contributed by atoms with Gasteiger partial charge in [0, 0.05) is 34.3 Å². The van der Waals surface area contributed by atoms with Gasteiger partial charge in [-0.15, -0.1) is 0 Å². The average Bonchev–Trinajstić information content (AvgIpc) is 3.04. The van der Waals surface area contributed by atoms with Crippen LogP contribution < -0.4 is 4.74 Å². The second kappa shape index (κ2) is 7.13. The van der Waals surface area contributed by atoms with E-state index < -0.39 is 0 Å². The van der Waals surface area contributed by atoms with E-state index in [0.717, 1.165) is 44.5 Å². The molecule has 6 heteroatoms. The van der Waals surface area contributed by atoms with Crippen molar-refractivity contribution >= 4 is 16.7 Å². The molecule has 4 rings (SSSR count). The van der Waals surface area contributed by atoms with Crippen LogP contribution in [0.3, 0.4) is 0 Å². The summed E-state index contributed by atoms with van der Waals surface area (Å²) in [6, 6.07) is 9.62. The normalized spacial score (nSPS) is 11.1. The molecule has 0 fully saturated rings. The van der Waals surface area contributed by atoms with E-state index in [2.05, 4.69) is 10.1 Å². The topological polar surface area (TPSA) is 78.1 Å². The van der Waals surface area contributed by atoms with E-state index in [-0.39, 0.29) is 5.78 Å². The number of nitrogens with zero attached hydrogens (tertiary/aromatic N) is 3. The van der Waals surface area contributed by atoms with E-state index in [0.29, 0.717) is 17.2 Å². The summed E-state index contributed by atoms with van der Waals surface area (Å²) in [5.41, 5.74) is 6.48. The van der Waals surface area contributed by atoms with Crippen molar-refractivity contribution < 1.29 is 14.1 Å². The molecule has 0 amide bonds. The maximum Gasteiger partial charge on any atom is 0.212 e. The highest BCUT2D eigenvalue weighted by Gasteiger charge is 2.20. The largest absolute Gasteiger partial charge is 0.481 e. The molecule has 29 heavy (non-hydrogen) atoms. The minimum absolute atomic E-state index is 0.00407. The summed E-state index contributed by atoms with van der Waals surface area (Å²) >= 11 is 0. The summed E-state index contributed by atoms with van der Waals surface area (Å²) < 4.78 is 10.6. The SMILES string of the molecule is COc1ccc(-c2cc3c(C(C)=O)cc(C)cc3nc2-c2c(C)noc2C)cn1. The molecule has 0 aliphatic heterocycles. The number of ketones is 1. The van der Waals surface area contributed by atoms with Crippen LogP contribution >= 0.6 is 0 Å². The Morgan fingerprint density at radius 2 is 1.90 bits per heavy atom. The van der Waals surface area contributed by atoms with E-state index in [1.165, 1.54) is 0 Å². The van der Waals surface area contributed by atoms with Gasteiger partial charge in [-0.25, -0.2) is 9.97 Å². The fourth-order valence-corrected chi connectivity index (χ4v) is 3.60. The zero-order chi connectivity index (χ0) is 20.7. The number of aryl methyl sites for hydroxylation is 3. The predicted octanol–water partition coefficient (Wildman–Crippen LogP) is 5.09. The molecule has 146 valence electrons. The van der Waals surface area contributed by atoms with Crippen molar-refractivity contribution in [3.05, 3.63) is 59.1 Å². The number of benzene rings is 1. The van der Waals surface area contributed by atoms with Gasteiger partial charge in [-0.2, -0.15) is 0 Å². The Morgan fingerprint density at radius 1 is 1.10 bits per heavy atom. The molecule has 0 bridgehead atoms. The van der Waals surface area contributed by atoms with E-state index in [4.69, 9.17) is 14.2 Å². The molecule has 0 aliphatic rings. The molecule has 0 aliphatic carbocycles. The molecule has 6 nitrogen and oxygen atoms in total. The standard InChI is InChI=1S/C23H21N3O3/c1-12-8-17(14(3)27)19-10-18(16-6-7-21(28-5)24-11-16)23(25-20(19)9-12)22-13(2)26-29-15(22)4/h6-11H,1-5H3. The van der Waals surface area contributed by atoms with Crippen molar-refractivity contribution in [2.75, 3.05) is 7.11 Å². The third-order valence-electron chi connectivity index (χ3n) is 4.98. The summed E-state index contributed by atoms with van der Waals surface area (Å²) in [7, 11) is 1.58. The molecule has 0 saturated heterocycles. The summed E-state index contributed by atoms with van der Waals surface area (Å²) in [5.74, 6) is 1.22. The Kier molecular flexibility index (Phi) is 4.62. The molecule has 0 saturated carbocycles. The Balaban J connectivity index is 2.09. The second-order valence-electron chi connectivity index (χ2n) is 7.11. The fraction of sp³-hybridized carbons (Fsp3) is 0.217. The van der Waals surface area contributed by atoms with Gasteiger partial charge in [0.2, 0.25) is 5.88 Å². The van der Waals surface area contributed by atoms with Crippen LogP contribution in [0.1, 0.15) is 34.3 Å². The second-order valence-corrected chi connectivity index (χ2v) is 7.11. The lowest BCUT2D eigenvalue weighted by atomic mass is 9.94. The number of Topliss-reactive ketones (excluding diaryl/α,β-unsaturated/α-hetero) is 1. The van der Waals surface area contributed by atoms with Crippen LogP contribution in [0, 0.1) is 20.8 Å². The summed E-state index contributed by atoms with van der Waals surface area (Å²) in [5, 5.41) is 4.90. The van der Waals surface area contributed by atoms with Crippen molar-refractivity contribution in [3.8, 4) is 28.3 Å². The van der Waals surface area contributed by atoms with Gasteiger partial charge in [0.25, 0.3) is 0 Å². The minimum atomic E-state index is 0.00407. The van der Waals surface area contributed by atoms with E-state index >= 15 is 0 Å². The number of carbonyl (C=O) groups excluding carboxylic acids is 1. The average molecular weight is 387 g/mol. The molecule has 0 atom stereocenters. The van der Waals surface area contributed by atoms with Crippen LogP contribution in [0.4, 0.5) is 0 Å². The van der Waals surface area contributed by atoms with Crippen molar-refractivity contribution in [2.45, 2.75) is 27.7 Å². The van der Waals surface area contributed by atoms with E-state index in [1.54, 1.807) is 26.3 Å². The Hall–Kier alpha value is -3.54. The van der Waals surface area contributed by atoms with Gasteiger partial charge < -0.3 is 9.26 Å². The maximum atomic E-state index is 12.3. The lowest BCUT2D eigenvalue weighted by molar-refractivity contribution is 0.101. The Bertz CT molecular complexity index is 1220. The molecular weight excluding hydrogens is 366 g/mol. The van der Waals surface area contributed by atoms with Crippen molar-refractivity contribution in [1.82, 2.24) is 15.1 Å². The number of hydrogen-bond donors (Lipinski definition) is 0. The predicted molar refractivity (Wildman–Crippen MR) is 111 cm³/mol. The van der Waals surface area contributed by atoms with Gasteiger partial charge in [0.1, 0.15) is 5.76 Å². The molecule has 4 aromatic rings. The molecule has 1 aromatic carbocycles. The zero-order valence-electron chi connectivity index (χ0n) is 17.0. The highest BCUT2D eigenvalue weighted by atomic mass is 16.5. The first-order valence-corrected chi connectivity index (χ1v) is 9.29. The van der Waals surface area contributed by atoms with Crippen LogP contribution in [0.5, 0.6) is 5.88 Å². The minimum Gasteiger partial charge on any atom is -0.481 e. The Labute approximate surface area is 168 Å². The third-order valence-corrected chi connectivity index (χ3v) is 4.98. The van der Waals surface area contributed by atoms with Crippen LogP contribution in [-0.4, -0.2) is 28.0 Å². The zero-order valence-corrected chi connectivity index (χ0v) is 17.0. The molecule has 3 heterocycles. The van der Waals surface area contributed by atoms with Crippen LogP contribution in [0.25, 0.3) is 33.3 Å². The molecule has 0 spiro atoms. The van der Waals surface area contributed by atoms with Gasteiger partial charge >= 0.3 is 0 Å². The van der Waals surface area contributed by atoms with Crippen molar-refractivity contribution in [3.63, 3.8) is 0 Å². The first-order chi connectivity index (χ1) is 13.9. The fourth-order valence-electron chi connectivity index (χ4n) is 3.60. The number of hydrogen-bond acceptors (Lipinski definition) is 6. The van der Waals surface area contributed by atoms with Gasteiger partial charge in [0.05, 0.1) is 29.6 Å². The summed E-state index contributed by atoms with van der Waals surface area (Å²) in [6.45, 7) is 7.30. The van der Waals surface area contributed by atoms with Crippen LogP contribution in [-0.2, 0) is 0 Å². The quantitative estimate of drug-likeness (QED) is 0.454. The number of ether oxygens (including phenoxy) is 1. The first kappa shape index (κ1) is 18.8. The monoisotopic (exact) mass is 387 g/mol. The molecule has 0 N–H and O–H groups in total. The van der Waals surface area contributed by atoms with Crippen LogP contribution in [0.15, 0.2) is 41.1 Å². The van der Waals surface area contributed by atoms with E-state index in [1.807, 2.05) is 45.0 Å². The number of rotatable bonds is 4. The van der Waals surface area contributed by atoms with Gasteiger partial charge in [-0.05, 0) is 57.5 Å². The number of pyridine rings is 2. The number of carbonyl (C=O) groups is 1. The summed E-state index contributed by atoms with van der Waals surface area (Å²) in [4.78, 5) is 21.6. The van der Waals surface area contributed by atoms with Gasteiger partial charge in [-0.3, -0.25) is 4.79 Å². The highest BCUT2D eigenvalue weighted by molar-refractivity contribution is 6.08. The lowest BCUT2D eigenvalue weighted by Crippen LogP contribution is -2.00. The first-order valence-electron chi connectivity index (χ1n) is 9.29. The van der Waals surface area contributed by atoms with Crippen LogP contribution in [0.2, 0.25) is 0 Å². The summed E-state index contributed by atoms with van der Waals surface area (Å²) in [6.07, 6.45) is 1.74. The Morgan fingerprint density at radius 3 is 2.48 bits per heavy atom.